The zero-order chi connectivity index (χ0) is 14.5. The van der Waals surface area contributed by atoms with Gasteiger partial charge in [-0.05, 0) is 52.7 Å². The van der Waals surface area contributed by atoms with Crippen molar-refractivity contribution < 1.29 is 4.79 Å². The Labute approximate surface area is 131 Å². The largest absolute Gasteiger partial charge is 0.375 e. The molecule has 0 fully saturated rings. The van der Waals surface area contributed by atoms with E-state index in [4.69, 9.17) is 11.6 Å². The molecule has 0 saturated carbocycles. The molecule has 2 aromatic rings. The summed E-state index contributed by atoms with van der Waals surface area (Å²) in [5.41, 5.74) is 2.58. The van der Waals surface area contributed by atoms with E-state index in [1.807, 2.05) is 49.4 Å². The molecule has 2 rings (SSSR count). The lowest BCUT2D eigenvalue weighted by atomic mass is 10.2. The quantitative estimate of drug-likeness (QED) is 0.852. The molecule has 0 radical (unpaired) electrons. The van der Waals surface area contributed by atoms with Crippen LogP contribution in [0.5, 0.6) is 0 Å². The van der Waals surface area contributed by atoms with E-state index in [0.29, 0.717) is 5.02 Å². The molecule has 0 spiro atoms. The van der Waals surface area contributed by atoms with Crippen LogP contribution in [-0.2, 0) is 4.79 Å². The van der Waals surface area contributed by atoms with Crippen molar-refractivity contribution in [3.8, 4) is 0 Å². The summed E-state index contributed by atoms with van der Waals surface area (Å²) in [5, 5.41) is 6.45. The van der Waals surface area contributed by atoms with Gasteiger partial charge in [-0.15, -0.1) is 0 Å². The third-order valence-electron chi connectivity index (χ3n) is 2.71. The van der Waals surface area contributed by atoms with Crippen LogP contribution in [0.1, 0.15) is 5.56 Å². The van der Waals surface area contributed by atoms with Crippen LogP contribution in [0.2, 0.25) is 5.02 Å². The molecule has 5 heteroatoms. The van der Waals surface area contributed by atoms with Crippen LogP contribution in [0.15, 0.2) is 46.9 Å². The lowest BCUT2D eigenvalue weighted by molar-refractivity contribution is -0.114. The topological polar surface area (TPSA) is 41.1 Å². The Kier molecular flexibility index (Phi) is 5.04. The molecule has 0 atom stereocenters. The molecule has 0 bridgehead atoms. The minimum absolute atomic E-state index is 0.131. The molecule has 0 aliphatic heterocycles. The molecular formula is C15H14BrClN2O. The van der Waals surface area contributed by atoms with E-state index in [1.54, 1.807) is 0 Å². The Bertz CT molecular complexity index is 631. The van der Waals surface area contributed by atoms with Crippen LogP contribution in [0.25, 0.3) is 0 Å². The summed E-state index contributed by atoms with van der Waals surface area (Å²) in [4.78, 5) is 11.9. The number of benzene rings is 2. The van der Waals surface area contributed by atoms with Crippen LogP contribution in [0, 0.1) is 6.92 Å². The highest BCUT2D eigenvalue weighted by Crippen LogP contribution is 2.23. The number of rotatable bonds is 4. The zero-order valence-corrected chi connectivity index (χ0v) is 13.3. The molecule has 104 valence electrons. The van der Waals surface area contributed by atoms with Crippen LogP contribution in [0.3, 0.4) is 0 Å². The van der Waals surface area contributed by atoms with Crippen molar-refractivity contribution in [1.29, 1.82) is 0 Å². The second-order valence-electron chi connectivity index (χ2n) is 4.36. The number of anilines is 2. The highest BCUT2D eigenvalue weighted by atomic mass is 79.9. The second kappa shape index (κ2) is 6.77. The van der Waals surface area contributed by atoms with Crippen molar-refractivity contribution in [3.05, 3.63) is 57.5 Å². The first-order valence-corrected chi connectivity index (χ1v) is 7.28. The fourth-order valence-corrected chi connectivity index (χ4v) is 2.38. The minimum Gasteiger partial charge on any atom is -0.375 e. The first kappa shape index (κ1) is 14.9. The van der Waals surface area contributed by atoms with E-state index in [0.717, 1.165) is 21.4 Å². The maximum Gasteiger partial charge on any atom is 0.243 e. The summed E-state index contributed by atoms with van der Waals surface area (Å²) in [5.74, 6) is -0.131. The van der Waals surface area contributed by atoms with E-state index in [-0.39, 0.29) is 12.5 Å². The molecule has 0 aliphatic rings. The number of nitrogens with one attached hydrogen (secondary N) is 2. The summed E-state index contributed by atoms with van der Waals surface area (Å²) >= 11 is 9.48. The molecule has 20 heavy (non-hydrogen) atoms. The Morgan fingerprint density at radius 2 is 1.95 bits per heavy atom. The summed E-state index contributed by atoms with van der Waals surface area (Å²) in [6.45, 7) is 2.12. The number of hydrogen-bond acceptors (Lipinski definition) is 2. The number of amides is 1. The van der Waals surface area contributed by atoms with Crippen molar-refractivity contribution in [2.75, 3.05) is 17.2 Å². The van der Waals surface area contributed by atoms with Gasteiger partial charge in [-0.2, -0.15) is 0 Å². The molecule has 3 nitrogen and oxygen atoms in total. The smallest absolute Gasteiger partial charge is 0.243 e. The van der Waals surface area contributed by atoms with Crippen LogP contribution >= 0.6 is 27.5 Å². The summed E-state index contributed by atoms with van der Waals surface area (Å²) in [6.07, 6.45) is 0. The number of carbonyl (C=O) groups is 1. The molecule has 0 heterocycles. The third kappa shape index (κ3) is 3.99. The number of carbonyl (C=O) groups excluding carboxylic acids is 1. The molecule has 1 amide bonds. The average molecular weight is 354 g/mol. The molecule has 0 aliphatic carbocycles. The Hall–Kier alpha value is -1.52. The Balaban J connectivity index is 1.94. The second-order valence-corrected chi connectivity index (χ2v) is 5.63. The van der Waals surface area contributed by atoms with Crippen molar-refractivity contribution in [1.82, 2.24) is 0 Å². The number of halogens is 2. The highest BCUT2D eigenvalue weighted by molar-refractivity contribution is 9.10. The van der Waals surface area contributed by atoms with Gasteiger partial charge in [0.1, 0.15) is 0 Å². The summed E-state index contributed by atoms with van der Waals surface area (Å²) in [7, 11) is 0. The summed E-state index contributed by atoms with van der Waals surface area (Å²) < 4.78 is 0.849. The SMILES string of the molecule is Cc1ccc(NCC(=O)Nc2ccccc2Br)c(Cl)c1. The van der Waals surface area contributed by atoms with E-state index < -0.39 is 0 Å². The zero-order valence-electron chi connectivity index (χ0n) is 10.9. The van der Waals surface area contributed by atoms with Gasteiger partial charge in [-0.3, -0.25) is 4.79 Å². The maximum atomic E-state index is 11.9. The van der Waals surface area contributed by atoms with Gasteiger partial charge in [0.2, 0.25) is 5.91 Å². The molecule has 0 unspecified atom stereocenters. The Morgan fingerprint density at radius 3 is 2.65 bits per heavy atom. The number of aryl methyl sites for hydroxylation is 1. The monoisotopic (exact) mass is 352 g/mol. The van der Waals surface area contributed by atoms with Gasteiger partial charge in [0.25, 0.3) is 0 Å². The first-order valence-electron chi connectivity index (χ1n) is 6.10. The predicted octanol–water partition coefficient (Wildman–Crippen LogP) is 4.46. The van der Waals surface area contributed by atoms with Crippen LogP contribution in [-0.4, -0.2) is 12.5 Å². The molecule has 0 saturated heterocycles. The summed E-state index contributed by atoms with van der Waals surface area (Å²) in [6, 6.07) is 13.1. The van der Waals surface area contributed by atoms with Gasteiger partial charge in [0, 0.05) is 4.47 Å². The van der Waals surface area contributed by atoms with Crippen LogP contribution in [0.4, 0.5) is 11.4 Å². The van der Waals surface area contributed by atoms with Gasteiger partial charge < -0.3 is 10.6 Å². The fraction of sp³-hybridized carbons (Fsp3) is 0.133. The van der Waals surface area contributed by atoms with Gasteiger partial charge in [0.15, 0.2) is 0 Å². The minimum atomic E-state index is -0.131. The highest BCUT2D eigenvalue weighted by Gasteiger charge is 2.06. The van der Waals surface area contributed by atoms with Crippen molar-refractivity contribution in [2.24, 2.45) is 0 Å². The molecule has 2 N–H and O–H groups in total. The van der Waals surface area contributed by atoms with E-state index in [9.17, 15) is 4.79 Å². The van der Waals surface area contributed by atoms with E-state index >= 15 is 0 Å². The van der Waals surface area contributed by atoms with Gasteiger partial charge >= 0.3 is 0 Å². The van der Waals surface area contributed by atoms with E-state index in [1.165, 1.54) is 0 Å². The van der Waals surface area contributed by atoms with E-state index in [2.05, 4.69) is 26.6 Å². The van der Waals surface area contributed by atoms with Gasteiger partial charge in [0.05, 0.1) is 22.9 Å². The first-order chi connectivity index (χ1) is 9.56. The third-order valence-corrected chi connectivity index (χ3v) is 3.72. The van der Waals surface area contributed by atoms with Crippen molar-refractivity contribution >= 4 is 44.8 Å². The molecule has 0 aromatic heterocycles. The van der Waals surface area contributed by atoms with Gasteiger partial charge in [-0.25, -0.2) is 0 Å². The lowest BCUT2D eigenvalue weighted by Crippen LogP contribution is -2.22. The number of hydrogen-bond donors (Lipinski definition) is 2. The average Bonchev–Trinajstić information content (AvgIpc) is 2.40. The number of para-hydroxylation sites is 1. The predicted molar refractivity (Wildman–Crippen MR) is 87.5 cm³/mol. The van der Waals surface area contributed by atoms with Gasteiger partial charge in [-0.1, -0.05) is 29.8 Å². The lowest BCUT2D eigenvalue weighted by Gasteiger charge is -2.10. The van der Waals surface area contributed by atoms with Crippen molar-refractivity contribution in [3.63, 3.8) is 0 Å². The normalized spacial score (nSPS) is 10.2. The fourth-order valence-electron chi connectivity index (χ4n) is 1.70. The standard InChI is InChI=1S/C15H14BrClN2O/c1-10-6-7-14(12(17)8-10)18-9-15(20)19-13-5-3-2-4-11(13)16/h2-8,18H,9H2,1H3,(H,19,20). The van der Waals surface area contributed by atoms with Crippen molar-refractivity contribution in [2.45, 2.75) is 6.92 Å². The molecule has 2 aromatic carbocycles. The maximum absolute atomic E-state index is 11.9. The molecular weight excluding hydrogens is 340 g/mol. The van der Waals surface area contributed by atoms with Crippen LogP contribution < -0.4 is 10.6 Å². The Morgan fingerprint density at radius 1 is 1.20 bits per heavy atom.